The van der Waals surface area contributed by atoms with Crippen molar-refractivity contribution in [1.82, 2.24) is 15.5 Å². The van der Waals surface area contributed by atoms with Gasteiger partial charge in [0.2, 0.25) is 5.91 Å². The minimum absolute atomic E-state index is 0. The molecule has 1 heterocycles. The zero-order valence-electron chi connectivity index (χ0n) is 14.8. The molecule has 0 spiro atoms. The molecule has 1 unspecified atom stereocenters. The second-order valence-corrected chi connectivity index (χ2v) is 7.28. The van der Waals surface area contributed by atoms with E-state index in [2.05, 4.69) is 26.6 Å². The third kappa shape index (κ3) is 6.60. The van der Waals surface area contributed by atoms with Gasteiger partial charge in [0.1, 0.15) is 6.04 Å². The number of carbonyl (C=O) groups excluding carboxylic acids is 2. The summed E-state index contributed by atoms with van der Waals surface area (Å²) in [5.41, 5.74) is 0.559. The van der Waals surface area contributed by atoms with Crippen LogP contribution in [0.4, 0.5) is 0 Å². The van der Waals surface area contributed by atoms with Crippen LogP contribution in [-0.2, 0) is 4.79 Å². The van der Waals surface area contributed by atoms with E-state index in [0.29, 0.717) is 11.5 Å². The van der Waals surface area contributed by atoms with Crippen LogP contribution in [0.15, 0.2) is 28.7 Å². The van der Waals surface area contributed by atoms with Crippen LogP contribution in [0.2, 0.25) is 0 Å². The summed E-state index contributed by atoms with van der Waals surface area (Å²) in [5.74, 6) is 0.481. The molecule has 7 heteroatoms. The molecular formula is C18H27BrClN3O2. The Bertz CT molecular complexity index is 560. The molecule has 140 valence electrons. The topological polar surface area (TPSA) is 61.4 Å². The molecule has 2 amide bonds. The first-order chi connectivity index (χ1) is 11.5. The first-order valence-electron chi connectivity index (χ1n) is 8.51. The highest BCUT2D eigenvalue weighted by atomic mass is 79.9. The largest absolute Gasteiger partial charge is 0.341 e. The van der Waals surface area contributed by atoms with Gasteiger partial charge in [-0.25, -0.2) is 0 Å². The monoisotopic (exact) mass is 431 g/mol. The van der Waals surface area contributed by atoms with Gasteiger partial charge in [-0.3, -0.25) is 9.59 Å². The Morgan fingerprint density at radius 1 is 1.24 bits per heavy atom. The molecule has 5 nitrogen and oxygen atoms in total. The Morgan fingerprint density at radius 2 is 1.84 bits per heavy atom. The molecule has 1 aromatic rings. The van der Waals surface area contributed by atoms with Crippen LogP contribution in [-0.4, -0.2) is 49.4 Å². The van der Waals surface area contributed by atoms with E-state index in [-0.39, 0.29) is 24.2 Å². The molecule has 1 saturated heterocycles. The van der Waals surface area contributed by atoms with E-state index in [0.717, 1.165) is 43.4 Å². The summed E-state index contributed by atoms with van der Waals surface area (Å²) in [6, 6.07) is 6.61. The lowest BCUT2D eigenvalue weighted by Gasteiger charge is -2.33. The molecule has 1 aliphatic rings. The molecule has 0 aliphatic carbocycles. The van der Waals surface area contributed by atoms with E-state index in [1.165, 1.54) is 0 Å². The lowest BCUT2D eigenvalue weighted by atomic mass is 9.93. The predicted molar refractivity (Wildman–Crippen MR) is 106 cm³/mol. The van der Waals surface area contributed by atoms with Crippen molar-refractivity contribution in [2.75, 3.05) is 26.7 Å². The fourth-order valence-electron chi connectivity index (χ4n) is 3.01. The van der Waals surface area contributed by atoms with Gasteiger partial charge in [0, 0.05) is 23.1 Å². The highest BCUT2D eigenvalue weighted by Crippen LogP contribution is 2.20. The molecule has 1 aliphatic heterocycles. The van der Waals surface area contributed by atoms with Crippen molar-refractivity contribution >= 4 is 40.2 Å². The van der Waals surface area contributed by atoms with E-state index in [1.54, 1.807) is 19.1 Å². The molecule has 1 atom stereocenters. The van der Waals surface area contributed by atoms with Gasteiger partial charge in [-0.05, 0) is 70.0 Å². The molecule has 1 aromatic carbocycles. The van der Waals surface area contributed by atoms with E-state index < -0.39 is 6.04 Å². The molecule has 0 bridgehead atoms. The minimum Gasteiger partial charge on any atom is -0.341 e. The molecule has 2 rings (SSSR count). The number of piperidine rings is 1. The van der Waals surface area contributed by atoms with Crippen LogP contribution < -0.4 is 10.6 Å². The van der Waals surface area contributed by atoms with Crippen molar-refractivity contribution < 1.29 is 9.59 Å². The highest BCUT2D eigenvalue weighted by Gasteiger charge is 2.26. The van der Waals surface area contributed by atoms with Crippen LogP contribution in [0.3, 0.4) is 0 Å². The summed E-state index contributed by atoms with van der Waals surface area (Å²) < 4.78 is 0.921. The molecule has 0 radical (unpaired) electrons. The zero-order chi connectivity index (χ0) is 17.5. The second kappa shape index (κ2) is 10.8. The average Bonchev–Trinajstić information content (AvgIpc) is 2.60. The van der Waals surface area contributed by atoms with Crippen molar-refractivity contribution in [3.63, 3.8) is 0 Å². The van der Waals surface area contributed by atoms with Crippen LogP contribution in [0, 0.1) is 5.92 Å². The standard InChI is InChI=1S/C18H26BrN3O2.ClH/c1-13(21-17(23)15-3-5-16(19)6-4-15)18(24)22-11-8-14(9-12-22)7-10-20-2;/h3-6,13-14,20H,7-12H2,1-2H3,(H,21,23);1H. The quantitative estimate of drug-likeness (QED) is 0.726. The Labute approximate surface area is 164 Å². The van der Waals surface area contributed by atoms with Crippen molar-refractivity contribution in [3.05, 3.63) is 34.3 Å². The first-order valence-corrected chi connectivity index (χ1v) is 9.30. The maximum Gasteiger partial charge on any atom is 0.251 e. The summed E-state index contributed by atoms with van der Waals surface area (Å²) >= 11 is 3.34. The van der Waals surface area contributed by atoms with Gasteiger partial charge in [0.15, 0.2) is 0 Å². The van der Waals surface area contributed by atoms with Crippen molar-refractivity contribution in [2.45, 2.75) is 32.2 Å². The average molecular weight is 433 g/mol. The number of carbonyl (C=O) groups is 2. The Hall–Kier alpha value is -1.11. The maximum absolute atomic E-state index is 12.5. The van der Waals surface area contributed by atoms with E-state index >= 15 is 0 Å². The molecular weight excluding hydrogens is 406 g/mol. The molecule has 0 aromatic heterocycles. The third-order valence-electron chi connectivity index (χ3n) is 4.55. The van der Waals surface area contributed by atoms with Crippen LogP contribution in [0.5, 0.6) is 0 Å². The summed E-state index contributed by atoms with van der Waals surface area (Å²) in [6.07, 6.45) is 3.25. The number of hydrogen-bond donors (Lipinski definition) is 2. The normalized spacial score (nSPS) is 16.0. The summed E-state index contributed by atoms with van der Waals surface area (Å²) in [7, 11) is 1.97. The highest BCUT2D eigenvalue weighted by molar-refractivity contribution is 9.10. The predicted octanol–water partition coefficient (Wildman–Crippen LogP) is 2.84. The number of halogens is 2. The van der Waals surface area contributed by atoms with Crippen LogP contribution in [0.25, 0.3) is 0 Å². The number of likely N-dealkylation sites (tertiary alicyclic amines) is 1. The van der Waals surface area contributed by atoms with Crippen molar-refractivity contribution in [2.24, 2.45) is 5.92 Å². The maximum atomic E-state index is 12.5. The summed E-state index contributed by atoms with van der Waals surface area (Å²) in [6.45, 7) is 4.35. The van der Waals surface area contributed by atoms with Gasteiger partial charge in [-0.1, -0.05) is 15.9 Å². The van der Waals surface area contributed by atoms with Gasteiger partial charge in [-0.2, -0.15) is 0 Å². The smallest absolute Gasteiger partial charge is 0.251 e. The van der Waals surface area contributed by atoms with E-state index in [4.69, 9.17) is 0 Å². The van der Waals surface area contributed by atoms with Crippen LogP contribution >= 0.6 is 28.3 Å². The lowest BCUT2D eigenvalue weighted by molar-refractivity contribution is -0.134. The fraction of sp³-hybridized carbons (Fsp3) is 0.556. The Balaban J connectivity index is 0.00000312. The van der Waals surface area contributed by atoms with E-state index in [1.807, 2.05) is 24.1 Å². The number of rotatable bonds is 6. The zero-order valence-corrected chi connectivity index (χ0v) is 17.2. The van der Waals surface area contributed by atoms with Gasteiger partial charge >= 0.3 is 0 Å². The molecule has 0 saturated carbocycles. The number of amides is 2. The van der Waals surface area contributed by atoms with Crippen LogP contribution in [0.1, 0.15) is 36.5 Å². The Kier molecular flexibility index (Phi) is 9.46. The number of nitrogens with one attached hydrogen (secondary N) is 2. The van der Waals surface area contributed by atoms with Crippen molar-refractivity contribution in [3.8, 4) is 0 Å². The SMILES string of the molecule is CNCCC1CCN(C(=O)C(C)NC(=O)c2ccc(Br)cc2)CC1.Cl. The lowest BCUT2D eigenvalue weighted by Crippen LogP contribution is -2.49. The fourth-order valence-corrected chi connectivity index (χ4v) is 3.27. The first kappa shape index (κ1) is 21.9. The van der Waals surface area contributed by atoms with Gasteiger partial charge in [0.05, 0.1) is 0 Å². The Morgan fingerprint density at radius 3 is 2.40 bits per heavy atom. The molecule has 1 fully saturated rings. The van der Waals surface area contributed by atoms with E-state index in [9.17, 15) is 9.59 Å². The third-order valence-corrected chi connectivity index (χ3v) is 5.08. The summed E-state index contributed by atoms with van der Waals surface area (Å²) in [5, 5.41) is 5.98. The van der Waals surface area contributed by atoms with Crippen molar-refractivity contribution in [1.29, 1.82) is 0 Å². The summed E-state index contributed by atoms with van der Waals surface area (Å²) in [4.78, 5) is 26.6. The van der Waals surface area contributed by atoms with Gasteiger partial charge in [0.25, 0.3) is 5.91 Å². The molecule has 25 heavy (non-hydrogen) atoms. The number of nitrogens with zero attached hydrogens (tertiary/aromatic N) is 1. The minimum atomic E-state index is -0.505. The number of benzene rings is 1. The molecule has 2 N–H and O–H groups in total. The van der Waals surface area contributed by atoms with Gasteiger partial charge in [-0.15, -0.1) is 12.4 Å². The van der Waals surface area contributed by atoms with Gasteiger partial charge < -0.3 is 15.5 Å². The second-order valence-electron chi connectivity index (χ2n) is 6.36. The number of hydrogen-bond acceptors (Lipinski definition) is 3.